The Morgan fingerprint density at radius 1 is 0.614 bits per heavy atom. The minimum atomic E-state index is -4.53. The zero-order chi connectivity index (χ0) is 40.5. The Bertz CT molecular complexity index is 2140. The van der Waals surface area contributed by atoms with Crippen LogP contribution >= 0.6 is 0 Å². The van der Waals surface area contributed by atoms with E-state index < -0.39 is 44.7 Å². The molecule has 0 heterocycles. The molecule has 0 radical (unpaired) electrons. The predicted octanol–water partition coefficient (Wildman–Crippen LogP) is 7.70. The van der Waals surface area contributed by atoms with Crippen LogP contribution < -0.4 is 28.1 Å². The standard InChI is InChI=1S/C21H25.C15H8F6.C12H19.2ClH.Zr/c1-20(2,3)16-7-9-18-14(12-16)11-15-13-17(21(4,5)6)8-10-19(15)18;16-14(17,18)12-5-1-10(2-6-12)9-11-3-7-13(8-4-11)15(19,20)21;1-5-6-10-7-8-11(9-10)12(2,3)4;;;/h7-10,12H,11H2,1-6H3;1-8H;8-10H,5-6H2,1-4H3;2*1H;/q;;;;;+2/p-2. The Hall–Kier alpha value is -2.73. The van der Waals surface area contributed by atoms with E-state index in [1.54, 1.807) is 24.3 Å². The molecule has 0 amide bonds. The Kier molecular flexibility index (Phi) is 13.8. The first-order chi connectivity index (χ1) is 25.4. The van der Waals surface area contributed by atoms with Gasteiger partial charge in [0.1, 0.15) is 0 Å². The van der Waals surface area contributed by atoms with Gasteiger partial charge in [0.15, 0.2) is 0 Å². The van der Waals surface area contributed by atoms with Gasteiger partial charge in [-0.15, -0.1) is 0 Å². The maximum Gasteiger partial charge on any atom is -1.00 e. The molecule has 0 aromatic heterocycles. The van der Waals surface area contributed by atoms with Crippen LogP contribution in [-0.2, 0) is 50.9 Å². The van der Waals surface area contributed by atoms with E-state index in [0.29, 0.717) is 11.1 Å². The van der Waals surface area contributed by atoms with E-state index in [1.807, 2.05) is 0 Å². The molecule has 0 saturated carbocycles. The minimum Gasteiger partial charge on any atom is -1.00 e. The van der Waals surface area contributed by atoms with Gasteiger partial charge in [-0.25, -0.2) is 0 Å². The SMILES string of the molecule is CCCC1C=C(C(C)(C)C)C=[C]1[Zr+2](=[C](c1ccc(C(F)(F)F)cc1)c1ccc(C(F)(F)F)cc1)[c]1c(C(C)(C)C)ccc2c1Cc1cc(C(C)(C)C)ccc1-2.[Cl-].[Cl-]. The van der Waals surface area contributed by atoms with Gasteiger partial charge in [0.05, 0.1) is 0 Å². The molecular formula is C48H52Cl2F6Zr. The number of rotatable bonds is 6. The molecule has 4 aromatic carbocycles. The van der Waals surface area contributed by atoms with E-state index in [1.165, 1.54) is 45.5 Å². The second-order valence-electron chi connectivity index (χ2n) is 18.3. The summed E-state index contributed by atoms with van der Waals surface area (Å²) in [5.74, 6) is 0.104. The monoisotopic (exact) mass is 902 g/mol. The molecule has 0 nitrogen and oxygen atoms in total. The summed E-state index contributed by atoms with van der Waals surface area (Å²) in [6, 6.07) is 21.9. The van der Waals surface area contributed by atoms with Gasteiger partial charge in [-0.1, -0.05) is 0 Å². The van der Waals surface area contributed by atoms with Gasteiger partial charge in [-0.3, -0.25) is 0 Å². The van der Waals surface area contributed by atoms with Crippen LogP contribution in [0.5, 0.6) is 0 Å². The number of allylic oxidation sites excluding steroid dienone is 4. The average molecular weight is 905 g/mol. The third-order valence-corrected chi connectivity index (χ3v) is 19.1. The second kappa shape index (κ2) is 16.7. The van der Waals surface area contributed by atoms with E-state index in [2.05, 4.69) is 112 Å². The molecule has 304 valence electrons. The number of halogens is 8. The predicted molar refractivity (Wildman–Crippen MR) is 212 cm³/mol. The van der Waals surface area contributed by atoms with Gasteiger partial charge in [0, 0.05) is 0 Å². The Morgan fingerprint density at radius 2 is 1.11 bits per heavy atom. The van der Waals surface area contributed by atoms with Crippen molar-refractivity contribution in [3.63, 3.8) is 0 Å². The summed E-state index contributed by atoms with van der Waals surface area (Å²) >= 11 is -3.66. The quantitative estimate of drug-likeness (QED) is 0.154. The molecule has 2 aliphatic carbocycles. The van der Waals surface area contributed by atoms with Crippen LogP contribution in [0.3, 0.4) is 0 Å². The molecule has 57 heavy (non-hydrogen) atoms. The van der Waals surface area contributed by atoms with Crippen molar-refractivity contribution in [2.24, 2.45) is 11.3 Å². The molecule has 0 N–H and O–H groups in total. The smallest absolute Gasteiger partial charge is 1.00 e. The van der Waals surface area contributed by atoms with Crippen molar-refractivity contribution >= 4 is 6.48 Å². The maximum absolute atomic E-state index is 14.0. The van der Waals surface area contributed by atoms with Crippen LogP contribution in [0.1, 0.15) is 127 Å². The first-order valence-electron chi connectivity index (χ1n) is 19.2. The zero-order valence-electron chi connectivity index (χ0n) is 34.4. The Balaban J connectivity index is 0.00000360. The molecule has 4 aromatic rings. The zero-order valence-corrected chi connectivity index (χ0v) is 38.4. The van der Waals surface area contributed by atoms with E-state index in [9.17, 15) is 26.3 Å². The first kappa shape index (κ1) is 47.0. The largest absolute Gasteiger partial charge is 1.00 e. The molecule has 2 aliphatic rings. The number of alkyl halides is 6. The van der Waals surface area contributed by atoms with Crippen LogP contribution in [0.2, 0.25) is 0 Å². The number of fused-ring (bicyclic) bond motifs is 3. The molecular weight excluding hydrogens is 853 g/mol. The summed E-state index contributed by atoms with van der Waals surface area (Å²) in [4.78, 5) is 0. The second-order valence-corrected chi connectivity index (χ2v) is 24.1. The topological polar surface area (TPSA) is 0 Å². The fourth-order valence-corrected chi connectivity index (χ4v) is 17.6. The number of benzene rings is 4. The molecule has 0 fully saturated rings. The van der Waals surface area contributed by atoms with Crippen LogP contribution in [-0.4, -0.2) is 3.21 Å². The van der Waals surface area contributed by atoms with Crippen LogP contribution in [0, 0.1) is 11.3 Å². The van der Waals surface area contributed by atoms with E-state index in [0.717, 1.165) is 46.7 Å². The molecule has 0 saturated heterocycles. The summed E-state index contributed by atoms with van der Waals surface area (Å²) in [5.41, 5.74) is 7.78. The van der Waals surface area contributed by atoms with Crippen molar-refractivity contribution in [2.75, 3.05) is 0 Å². The van der Waals surface area contributed by atoms with E-state index >= 15 is 0 Å². The third kappa shape index (κ3) is 9.68. The van der Waals surface area contributed by atoms with Crippen molar-refractivity contribution in [1.29, 1.82) is 0 Å². The van der Waals surface area contributed by atoms with Crippen LogP contribution in [0.25, 0.3) is 11.1 Å². The fourth-order valence-electron chi connectivity index (χ4n) is 8.08. The molecule has 1 unspecified atom stereocenters. The molecule has 1 atom stereocenters. The third-order valence-electron chi connectivity index (χ3n) is 11.1. The molecule has 9 heteroatoms. The maximum atomic E-state index is 14.0. The van der Waals surface area contributed by atoms with E-state index in [-0.39, 0.29) is 47.0 Å². The van der Waals surface area contributed by atoms with Crippen LogP contribution in [0.4, 0.5) is 26.3 Å². The summed E-state index contributed by atoms with van der Waals surface area (Å²) in [7, 11) is 0. The fraction of sp³-hybridized carbons (Fsp3) is 0.396. The van der Waals surface area contributed by atoms with Crippen molar-refractivity contribution in [1.82, 2.24) is 0 Å². The minimum absolute atomic E-state index is 0. The molecule has 6 rings (SSSR count). The normalized spacial score (nSPS) is 15.4. The summed E-state index contributed by atoms with van der Waals surface area (Å²) in [5, 5.41) is 0. The Morgan fingerprint density at radius 3 is 1.54 bits per heavy atom. The number of hydrogen-bond donors (Lipinski definition) is 0. The van der Waals surface area contributed by atoms with Crippen molar-refractivity contribution in [3.05, 3.63) is 144 Å². The average Bonchev–Trinajstić information content (AvgIpc) is 3.67. The van der Waals surface area contributed by atoms with Gasteiger partial charge >= 0.3 is 333 Å². The molecule has 0 bridgehead atoms. The number of hydrogen-bond acceptors (Lipinski definition) is 0. The van der Waals surface area contributed by atoms with Crippen molar-refractivity contribution in [3.8, 4) is 11.1 Å². The van der Waals surface area contributed by atoms with Crippen molar-refractivity contribution < 1.29 is 72.4 Å². The Labute approximate surface area is 355 Å². The van der Waals surface area contributed by atoms with Gasteiger partial charge in [-0.2, -0.15) is 0 Å². The van der Waals surface area contributed by atoms with Crippen molar-refractivity contribution in [2.45, 2.75) is 112 Å². The summed E-state index contributed by atoms with van der Waals surface area (Å²) < 4.78 is 87.5. The molecule has 0 aliphatic heterocycles. The first-order valence-corrected chi connectivity index (χ1v) is 22.9. The van der Waals surface area contributed by atoms with Gasteiger partial charge in [0.25, 0.3) is 0 Å². The molecule has 0 spiro atoms. The van der Waals surface area contributed by atoms with Gasteiger partial charge in [-0.05, 0) is 0 Å². The van der Waals surface area contributed by atoms with Crippen LogP contribution in [0.15, 0.2) is 99.9 Å². The van der Waals surface area contributed by atoms with E-state index in [4.69, 9.17) is 0 Å². The van der Waals surface area contributed by atoms with Gasteiger partial charge in [0.2, 0.25) is 0 Å². The summed E-state index contributed by atoms with van der Waals surface area (Å²) in [6.07, 6.45) is -1.75. The van der Waals surface area contributed by atoms with Gasteiger partial charge < -0.3 is 24.8 Å². The summed E-state index contributed by atoms with van der Waals surface area (Å²) in [6.45, 7) is 22.0.